The van der Waals surface area contributed by atoms with E-state index in [9.17, 15) is 26.2 Å². The van der Waals surface area contributed by atoms with Crippen LogP contribution in [-0.4, -0.2) is 27.8 Å². The number of hydrogen-bond acceptors (Lipinski definition) is 1. The van der Waals surface area contributed by atoms with Crippen LogP contribution in [0.2, 0.25) is 0 Å². The Kier molecular flexibility index (Phi) is 9.59. The molecule has 1 nitrogen and oxygen atoms in total. The summed E-state index contributed by atoms with van der Waals surface area (Å²) in [6.07, 6.45) is -0.995. The van der Waals surface area contributed by atoms with Crippen LogP contribution in [0.4, 0.5) is 22.0 Å². The van der Waals surface area contributed by atoms with E-state index in [1.807, 2.05) is 0 Å². The molecule has 122 valence electrons. The molecular weight excluding hydrogens is 299 g/mol. The average Bonchev–Trinajstić information content (AvgIpc) is 2.32. The lowest BCUT2D eigenvalue weighted by molar-refractivity contribution is -0.284. The summed E-state index contributed by atoms with van der Waals surface area (Å²) >= 11 is 0. The van der Waals surface area contributed by atoms with Crippen molar-refractivity contribution in [1.29, 1.82) is 0 Å². The molecule has 0 amide bonds. The molecule has 0 heterocycles. The van der Waals surface area contributed by atoms with Crippen LogP contribution in [0.15, 0.2) is 0 Å². The van der Waals surface area contributed by atoms with Gasteiger partial charge in [0.2, 0.25) is 0 Å². The Balaban J connectivity index is 3.64. The predicted octanol–water partition coefficient (Wildman–Crippen LogP) is 5.07. The van der Waals surface area contributed by atoms with Gasteiger partial charge in [-0.05, 0) is 12.8 Å². The summed E-state index contributed by atoms with van der Waals surface area (Å²) < 4.78 is 72.3. The smallest absolute Gasteiger partial charge is 0.260 e. The summed E-state index contributed by atoms with van der Waals surface area (Å²) in [5.41, 5.74) is 0. The average molecular weight is 322 g/mol. The van der Waals surface area contributed by atoms with Gasteiger partial charge in [0.1, 0.15) is 0 Å². The van der Waals surface area contributed by atoms with Crippen LogP contribution >= 0.6 is 0 Å². The summed E-state index contributed by atoms with van der Waals surface area (Å²) in [6, 6.07) is 0. The third-order valence-corrected chi connectivity index (χ3v) is 4.49. The normalized spacial score (nSPS) is 14.5. The zero-order valence-electron chi connectivity index (χ0n) is 11.8. The van der Waals surface area contributed by atoms with Gasteiger partial charge in [-0.3, -0.25) is 4.21 Å². The van der Waals surface area contributed by atoms with Crippen LogP contribution in [0.3, 0.4) is 0 Å². The molecule has 0 fully saturated rings. The first kappa shape index (κ1) is 19.8. The summed E-state index contributed by atoms with van der Waals surface area (Å²) in [7, 11) is -1.29. The van der Waals surface area contributed by atoms with Crippen molar-refractivity contribution in [2.75, 3.05) is 11.5 Å². The first-order chi connectivity index (χ1) is 9.20. The van der Waals surface area contributed by atoms with E-state index < -0.39 is 29.3 Å². The predicted molar refractivity (Wildman–Crippen MR) is 71.5 cm³/mol. The highest BCUT2D eigenvalue weighted by atomic mass is 32.2. The molecule has 0 saturated carbocycles. The Morgan fingerprint density at radius 2 is 1.30 bits per heavy atom. The second-order valence-electron chi connectivity index (χ2n) is 4.92. The largest absolute Gasteiger partial charge is 0.453 e. The minimum Gasteiger partial charge on any atom is -0.260 e. The number of rotatable bonds is 11. The van der Waals surface area contributed by atoms with E-state index in [2.05, 4.69) is 6.92 Å². The summed E-state index contributed by atoms with van der Waals surface area (Å²) in [6.45, 7) is 2.10. The maximum atomic E-state index is 12.6. The first-order valence-electron chi connectivity index (χ1n) is 7.00. The first-order valence-corrected chi connectivity index (χ1v) is 8.49. The molecule has 0 aromatic heterocycles. The van der Waals surface area contributed by atoms with Gasteiger partial charge in [0.25, 0.3) is 0 Å². The fraction of sp³-hybridized carbons (Fsp3) is 1.00. The van der Waals surface area contributed by atoms with Crippen LogP contribution in [0.5, 0.6) is 0 Å². The van der Waals surface area contributed by atoms with Crippen molar-refractivity contribution in [2.45, 2.75) is 70.4 Å². The SMILES string of the molecule is CCCCCCCCS(=O)CCCC(F)(F)C(F)(F)F. The third kappa shape index (κ3) is 8.87. The zero-order chi connectivity index (χ0) is 15.6. The van der Waals surface area contributed by atoms with Crippen molar-refractivity contribution in [2.24, 2.45) is 0 Å². The zero-order valence-corrected chi connectivity index (χ0v) is 12.6. The number of halogens is 5. The Bertz CT molecular complexity index is 278. The fourth-order valence-corrected chi connectivity index (χ4v) is 2.94. The summed E-state index contributed by atoms with van der Waals surface area (Å²) in [5.74, 6) is -4.36. The molecular formula is C13H23F5OS. The van der Waals surface area contributed by atoms with Crippen molar-refractivity contribution in [3.63, 3.8) is 0 Å². The Hall–Kier alpha value is -0.200. The van der Waals surface area contributed by atoms with Crippen molar-refractivity contribution in [3.05, 3.63) is 0 Å². The molecule has 0 rings (SSSR count). The lowest BCUT2D eigenvalue weighted by Gasteiger charge is -2.19. The lowest BCUT2D eigenvalue weighted by atomic mass is 10.1. The second-order valence-corrected chi connectivity index (χ2v) is 6.62. The molecule has 1 unspecified atom stereocenters. The monoisotopic (exact) mass is 322 g/mol. The highest BCUT2D eigenvalue weighted by Crippen LogP contribution is 2.38. The fourth-order valence-electron chi connectivity index (χ4n) is 1.74. The molecule has 0 saturated heterocycles. The van der Waals surface area contributed by atoms with Gasteiger partial charge in [-0.1, -0.05) is 39.0 Å². The van der Waals surface area contributed by atoms with Gasteiger partial charge >= 0.3 is 12.1 Å². The lowest BCUT2D eigenvalue weighted by Crippen LogP contribution is -2.36. The molecule has 0 aliphatic heterocycles. The van der Waals surface area contributed by atoms with E-state index >= 15 is 0 Å². The quantitative estimate of drug-likeness (QED) is 0.383. The van der Waals surface area contributed by atoms with Crippen molar-refractivity contribution in [3.8, 4) is 0 Å². The van der Waals surface area contributed by atoms with Gasteiger partial charge in [0, 0.05) is 28.7 Å². The van der Waals surface area contributed by atoms with Gasteiger partial charge in [-0.2, -0.15) is 22.0 Å². The molecule has 0 aliphatic carbocycles. The van der Waals surface area contributed by atoms with E-state index in [-0.39, 0.29) is 12.2 Å². The van der Waals surface area contributed by atoms with Crippen LogP contribution in [0.1, 0.15) is 58.3 Å². The molecule has 0 radical (unpaired) electrons. The Labute approximate surface area is 119 Å². The second kappa shape index (κ2) is 9.68. The van der Waals surface area contributed by atoms with Gasteiger partial charge in [-0.15, -0.1) is 0 Å². The van der Waals surface area contributed by atoms with Crippen molar-refractivity contribution in [1.82, 2.24) is 0 Å². The Morgan fingerprint density at radius 3 is 1.85 bits per heavy atom. The molecule has 1 atom stereocenters. The maximum Gasteiger partial charge on any atom is 0.453 e. The van der Waals surface area contributed by atoms with Gasteiger partial charge in [-0.25, -0.2) is 0 Å². The number of hydrogen-bond donors (Lipinski definition) is 0. The molecule has 7 heteroatoms. The van der Waals surface area contributed by atoms with Gasteiger partial charge in [0.15, 0.2) is 0 Å². The molecule has 0 aromatic carbocycles. The van der Waals surface area contributed by atoms with Gasteiger partial charge < -0.3 is 0 Å². The highest BCUT2D eigenvalue weighted by Gasteiger charge is 2.56. The molecule has 0 bridgehead atoms. The van der Waals surface area contributed by atoms with Gasteiger partial charge in [0.05, 0.1) is 0 Å². The van der Waals surface area contributed by atoms with Crippen molar-refractivity contribution >= 4 is 10.8 Å². The molecule has 0 N–H and O–H groups in total. The van der Waals surface area contributed by atoms with Crippen molar-refractivity contribution < 1.29 is 26.2 Å². The van der Waals surface area contributed by atoms with E-state index in [1.54, 1.807) is 0 Å². The third-order valence-electron chi connectivity index (χ3n) is 3.00. The van der Waals surface area contributed by atoms with E-state index in [0.29, 0.717) is 5.75 Å². The minimum atomic E-state index is -5.51. The van der Waals surface area contributed by atoms with Crippen LogP contribution in [0.25, 0.3) is 0 Å². The number of unbranched alkanes of at least 4 members (excludes halogenated alkanes) is 5. The Morgan fingerprint density at radius 1 is 0.800 bits per heavy atom. The summed E-state index contributed by atoms with van der Waals surface area (Å²) in [5, 5.41) is 0. The molecule has 0 aromatic rings. The van der Waals surface area contributed by atoms with E-state index in [4.69, 9.17) is 0 Å². The minimum absolute atomic E-state index is 0.0827. The summed E-state index contributed by atoms with van der Waals surface area (Å²) in [4.78, 5) is 0. The van der Waals surface area contributed by atoms with Crippen LogP contribution in [-0.2, 0) is 10.8 Å². The standard InChI is InChI=1S/C13H23F5OS/c1-2-3-4-5-6-7-10-20(19)11-8-9-12(14,15)13(16,17)18/h2-11H2,1H3. The number of alkyl halides is 5. The van der Waals surface area contributed by atoms with E-state index in [1.165, 1.54) is 0 Å². The van der Waals surface area contributed by atoms with E-state index in [0.717, 1.165) is 38.5 Å². The maximum absolute atomic E-state index is 12.6. The molecule has 20 heavy (non-hydrogen) atoms. The van der Waals surface area contributed by atoms with Crippen LogP contribution in [0, 0.1) is 0 Å². The molecule has 0 aliphatic rings. The van der Waals surface area contributed by atoms with Crippen LogP contribution < -0.4 is 0 Å². The highest BCUT2D eigenvalue weighted by molar-refractivity contribution is 7.84. The topological polar surface area (TPSA) is 17.1 Å². The molecule has 0 spiro atoms.